The number of thioether (sulfide) groups is 1. The zero-order valence-corrected chi connectivity index (χ0v) is 18.7. The molecule has 0 fully saturated rings. The molecule has 0 aromatic carbocycles. The van der Waals surface area contributed by atoms with Crippen molar-refractivity contribution in [3.05, 3.63) is 32.6 Å². The quantitative estimate of drug-likeness (QED) is 0.368. The summed E-state index contributed by atoms with van der Waals surface area (Å²) in [5, 5.41) is 0. The number of hydrogen-bond acceptors (Lipinski definition) is 5. The maximum atomic E-state index is 11.8. The number of nitrogens with one attached hydrogen (secondary N) is 1. The fourth-order valence-electron chi connectivity index (χ4n) is 2.83. The van der Waals surface area contributed by atoms with E-state index in [1.807, 2.05) is 20.1 Å². The fourth-order valence-corrected chi connectivity index (χ4v) is 3.05. The summed E-state index contributed by atoms with van der Waals surface area (Å²) in [6.07, 6.45) is 13.6. The van der Waals surface area contributed by atoms with Crippen molar-refractivity contribution in [2.75, 3.05) is 12.9 Å². The van der Waals surface area contributed by atoms with E-state index in [2.05, 4.69) is 4.98 Å². The highest BCUT2D eigenvalue weighted by Gasteiger charge is 2.27. The van der Waals surface area contributed by atoms with E-state index in [1.165, 1.54) is 43.9 Å². The summed E-state index contributed by atoms with van der Waals surface area (Å²) in [4.78, 5) is 37.2. The van der Waals surface area contributed by atoms with E-state index < -0.39 is 4.75 Å². The monoisotopic (exact) mass is 412 g/mol. The summed E-state index contributed by atoms with van der Waals surface area (Å²) in [6.45, 7) is 6.67. The average Bonchev–Trinajstić information content (AvgIpc) is 2.66. The highest BCUT2D eigenvalue weighted by Crippen LogP contribution is 2.22. The molecule has 28 heavy (non-hydrogen) atoms. The molecule has 0 saturated carbocycles. The number of aromatic amines is 1. The molecule has 0 unspecified atom stereocenters. The molecule has 160 valence electrons. The Labute approximate surface area is 172 Å². The van der Waals surface area contributed by atoms with Crippen LogP contribution in [0, 0.1) is 6.92 Å². The van der Waals surface area contributed by atoms with Crippen LogP contribution in [0.5, 0.6) is 0 Å². The minimum atomic E-state index is -0.454. The average molecular weight is 413 g/mol. The van der Waals surface area contributed by atoms with Crippen molar-refractivity contribution < 1.29 is 9.53 Å². The summed E-state index contributed by atoms with van der Waals surface area (Å²) in [5.74, 6) is -0.126. The largest absolute Gasteiger partial charge is 0.465 e. The predicted octanol–water partition coefficient (Wildman–Crippen LogP) is 4.04. The molecule has 0 aliphatic carbocycles. The zero-order valence-electron chi connectivity index (χ0n) is 17.8. The molecule has 0 bridgehead atoms. The van der Waals surface area contributed by atoms with Crippen molar-refractivity contribution in [2.24, 2.45) is 0 Å². The number of esters is 1. The molecule has 1 N–H and O–H groups in total. The number of aromatic nitrogens is 2. The molecule has 0 saturated heterocycles. The van der Waals surface area contributed by atoms with Crippen LogP contribution in [-0.2, 0) is 16.1 Å². The number of carbonyl (C=O) groups excluding carboxylic acids is 1. The first-order valence-corrected chi connectivity index (χ1v) is 11.5. The molecule has 0 amide bonds. The van der Waals surface area contributed by atoms with Crippen LogP contribution in [-0.4, -0.2) is 33.1 Å². The highest BCUT2D eigenvalue weighted by molar-refractivity contribution is 8.00. The molecule has 0 aliphatic heterocycles. The second kappa shape index (κ2) is 12.9. The third kappa shape index (κ3) is 9.13. The molecule has 7 heteroatoms. The molecule has 0 atom stereocenters. The first-order valence-electron chi connectivity index (χ1n) is 10.3. The van der Waals surface area contributed by atoms with Gasteiger partial charge in [0.1, 0.15) is 4.75 Å². The number of hydrogen-bond donors (Lipinski definition) is 1. The number of nitrogens with zero attached hydrogens (tertiary/aromatic N) is 1. The van der Waals surface area contributed by atoms with Gasteiger partial charge in [0.05, 0.1) is 6.61 Å². The van der Waals surface area contributed by atoms with E-state index in [-0.39, 0.29) is 17.2 Å². The predicted molar refractivity (Wildman–Crippen MR) is 116 cm³/mol. The van der Waals surface area contributed by atoms with Crippen LogP contribution in [0.15, 0.2) is 15.8 Å². The molecular formula is C21H36N2O4S. The van der Waals surface area contributed by atoms with E-state index in [0.717, 1.165) is 25.7 Å². The van der Waals surface area contributed by atoms with E-state index in [1.54, 1.807) is 17.7 Å². The lowest BCUT2D eigenvalue weighted by Gasteiger charge is -2.19. The first-order chi connectivity index (χ1) is 13.3. The minimum Gasteiger partial charge on any atom is -0.465 e. The number of ether oxygens (including phenoxy) is 1. The Kier molecular flexibility index (Phi) is 11.3. The van der Waals surface area contributed by atoms with Gasteiger partial charge in [-0.15, -0.1) is 11.8 Å². The second-order valence-corrected chi connectivity index (χ2v) is 9.23. The lowest BCUT2D eigenvalue weighted by molar-refractivity contribution is -0.145. The normalized spacial score (nSPS) is 11.6. The van der Waals surface area contributed by atoms with Gasteiger partial charge in [0.2, 0.25) is 0 Å². The van der Waals surface area contributed by atoms with Crippen molar-refractivity contribution in [3.63, 3.8) is 0 Å². The van der Waals surface area contributed by atoms with Crippen LogP contribution >= 0.6 is 11.8 Å². The SMILES string of the molecule is CSC(C)(C)C(=O)OCCCCCCCCCCCn1cc(C)c(=O)[nH]c1=O. The Hall–Kier alpha value is -1.50. The zero-order chi connectivity index (χ0) is 21.0. The number of carbonyl (C=O) groups is 1. The Morgan fingerprint density at radius 2 is 1.57 bits per heavy atom. The van der Waals surface area contributed by atoms with Gasteiger partial charge in [-0.2, -0.15) is 0 Å². The number of aryl methyl sites for hydroxylation is 2. The van der Waals surface area contributed by atoms with Gasteiger partial charge >= 0.3 is 11.7 Å². The molecule has 0 spiro atoms. The van der Waals surface area contributed by atoms with E-state index in [0.29, 0.717) is 18.7 Å². The molecular weight excluding hydrogens is 376 g/mol. The van der Waals surface area contributed by atoms with Crippen molar-refractivity contribution >= 4 is 17.7 Å². The van der Waals surface area contributed by atoms with Crippen molar-refractivity contribution in [1.82, 2.24) is 9.55 Å². The summed E-state index contributed by atoms with van der Waals surface area (Å²) >= 11 is 1.51. The van der Waals surface area contributed by atoms with Crippen molar-refractivity contribution in [1.29, 1.82) is 0 Å². The van der Waals surface area contributed by atoms with Gasteiger partial charge in [-0.3, -0.25) is 14.6 Å². The Morgan fingerprint density at radius 1 is 1.04 bits per heavy atom. The van der Waals surface area contributed by atoms with Crippen LogP contribution < -0.4 is 11.2 Å². The van der Waals surface area contributed by atoms with E-state index >= 15 is 0 Å². The Bertz CT molecular complexity index is 709. The Balaban J connectivity index is 1.97. The molecule has 1 heterocycles. The summed E-state index contributed by atoms with van der Waals surface area (Å²) in [6, 6.07) is 0. The summed E-state index contributed by atoms with van der Waals surface area (Å²) in [7, 11) is 0. The Morgan fingerprint density at radius 3 is 2.14 bits per heavy atom. The van der Waals surface area contributed by atoms with Gasteiger partial charge in [0, 0.05) is 18.3 Å². The smallest absolute Gasteiger partial charge is 0.328 e. The van der Waals surface area contributed by atoms with Gasteiger partial charge in [-0.1, -0.05) is 44.9 Å². The van der Waals surface area contributed by atoms with Gasteiger partial charge in [-0.25, -0.2) is 4.79 Å². The summed E-state index contributed by atoms with van der Waals surface area (Å²) < 4.78 is 6.46. The molecule has 0 radical (unpaired) electrons. The van der Waals surface area contributed by atoms with Crippen LogP contribution in [0.3, 0.4) is 0 Å². The van der Waals surface area contributed by atoms with Crippen LogP contribution in [0.1, 0.15) is 77.2 Å². The maximum absolute atomic E-state index is 11.8. The van der Waals surface area contributed by atoms with Crippen molar-refractivity contribution in [3.8, 4) is 0 Å². The van der Waals surface area contributed by atoms with Gasteiger partial charge in [-0.05, 0) is 39.9 Å². The number of rotatable bonds is 14. The third-order valence-electron chi connectivity index (χ3n) is 4.97. The van der Waals surface area contributed by atoms with Gasteiger partial charge in [0.15, 0.2) is 0 Å². The molecule has 1 aromatic rings. The third-order valence-corrected chi connectivity index (χ3v) is 6.15. The molecule has 0 aliphatic rings. The van der Waals surface area contributed by atoms with Crippen molar-refractivity contribution in [2.45, 2.75) is 89.9 Å². The lowest BCUT2D eigenvalue weighted by Crippen LogP contribution is -2.30. The topological polar surface area (TPSA) is 81.2 Å². The second-order valence-electron chi connectivity index (χ2n) is 7.80. The highest BCUT2D eigenvalue weighted by atomic mass is 32.2. The molecule has 6 nitrogen and oxygen atoms in total. The lowest BCUT2D eigenvalue weighted by atomic mass is 10.1. The minimum absolute atomic E-state index is 0.126. The van der Waals surface area contributed by atoms with Gasteiger partial charge in [0.25, 0.3) is 5.56 Å². The fraction of sp³-hybridized carbons (Fsp3) is 0.762. The van der Waals surface area contributed by atoms with Crippen LogP contribution in [0.2, 0.25) is 0 Å². The van der Waals surface area contributed by atoms with Gasteiger partial charge < -0.3 is 9.30 Å². The number of unbranched alkanes of at least 4 members (excludes halogenated alkanes) is 8. The molecule has 1 rings (SSSR count). The van der Waals surface area contributed by atoms with E-state index in [4.69, 9.17) is 4.74 Å². The summed E-state index contributed by atoms with van der Waals surface area (Å²) in [5.41, 5.74) is -0.0520. The first kappa shape index (κ1) is 24.5. The van der Waals surface area contributed by atoms with E-state index in [9.17, 15) is 14.4 Å². The maximum Gasteiger partial charge on any atom is 0.328 e. The van der Waals surface area contributed by atoms with Crippen LogP contribution in [0.25, 0.3) is 0 Å². The standard InChI is InChI=1S/C21H36N2O4S/c1-17-16-23(20(26)22-18(17)24)14-12-10-8-6-5-7-9-11-13-15-27-19(25)21(2,3)28-4/h16H,5-15H2,1-4H3,(H,22,24,26). The molecule has 1 aromatic heterocycles. The van der Waals surface area contributed by atoms with Crippen LogP contribution in [0.4, 0.5) is 0 Å². The number of H-pyrrole nitrogens is 1.